The Kier molecular flexibility index (Phi) is 32.5. The molecule has 0 saturated heterocycles. The van der Waals surface area contributed by atoms with Crippen molar-refractivity contribution in [2.24, 2.45) is 5.92 Å². The Morgan fingerprint density at radius 1 is 0.535 bits per heavy atom. The van der Waals surface area contributed by atoms with Gasteiger partial charge in [-0.15, -0.1) is 0 Å². The summed E-state index contributed by atoms with van der Waals surface area (Å²) in [5.41, 5.74) is 0. The molecular formula is C40H75NO2. The molecule has 0 radical (unpaired) electrons. The first-order chi connectivity index (χ1) is 21.0. The molecule has 0 bridgehead atoms. The topological polar surface area (TPSA) is 29.5 Å². The molecule has 0 saturated carbocycles. The second-order valence-electron chi connectivity index (χ2n) is 13.1. The maximum Gasteiger partial charge on any atom is 0.306 e. The molecule has 1 atom stereocenters. The van der Waals surface area contributed by atoms with Crippen molar-refractivity contribution >= 4 is 5.97 Å². The number of rotatable bonds is 32. The van der Waals surface area contributed by atoms with Crippen LogP contribution in [0.5, 0.6) is 0 Å². The molecule has 0 fully saturated rings. The summed E-state index contributed by atoms with van der Waals surface area (Å²) in [6, 6.07) is 0. The van der Waals surface area contributed by atoms with Gasteiger partial charge in [0.2, 0.25) is 0 Å². The van der Waals surface area contributed by atoms with E-state index in [0.717, 1.165) is 70.8 Å². The fourth-order valence-electron chi connectivity index (χ4n) is 5.69. The molecule has 0 spiro atoms. The molecule has 43 heavy (non-hydrogen) atoms. The minimum atomic E-state index is 0.0293. The molecule has 3 nitrogen and oxygen atoms in total. The summed E-state index contributed by atoms with van der Waals surface area (Å²) in [7, 11) is 4.23. The van der Waals surface area contributed by atoms with Crippen molar-refractivity contribution in [3.63, 3.8) is 0 Å². The van der Waals surface area contributed by atoms with Crippen LogP contribution >= 0.6 is 0 Å². The van der Waals surface area contributed by atoms with Gasteiger partial charge in [-0.1, -0.05) is 102 Å². The molecule has 0 N–H and O–H groups in total. The van der Waals surface area contributed by atoms with E-state index < -0.39 is 0 Å². The van der Waals surface area contributed by atoms with Crippen LogP contribution in [0.4, 0.5) is 0 Å². The number of hydrogen-bond donors (Lipinski definition) is 0. The highest BCUT2D eigenvalue weighted by molar-refractivity contribution is 5.69. The first-order valence-corrected chi connectivity index (χ1v) is 18.8. The highest BCUT2D eigenvalue weighted by Gasteiger charge is 2.24. The molecule has 0 amide bonds. The second-order valence-corrected chi connectivity index (χ2v) is 13.1. The summed E-state index contributed by atoms with van der Waals surface area (Å²) in [5.74, 6) is 0.495. The Bertz CT molecular complexity index is 639. The van der Waals surface area contributed by atoms with Gasteiger partial charge < -0.3 is 9.64 Å². The van der Waals surface area contributed by atoms with Crippen molar-refractivity contribution in [2.45, 2.75) is 187 Å². The van der Waals surface area contributed by atoms with Gasteiger partial charge in [-0.25, -0.2) is 0 Å². The van der Waals surface area contributed by atoms with Gasteiger partial charge >= 0.3 is 5.97 Å². The van der Waals surface area contributed by atoms with Crippen molar-refractivity contribution < 1.29 is 9.53 Å². The predicted octanol–water partition coefficient (Wildman–Crippen LogP) is 12.6. The minimum absolute atomic E-state index is 0.0293. The Balaban J connectivity index is 5.14. The number of unbranched alkanes of at least 4 members (excludes halogenated alkanes) is 14. The van der Waals surface area contributed by atoms with Gasteiger partial charge in [-0.2, -0.15) is 0 Å². The zero-order chi connectivity index (χ0) is 31.6. The highest BCUT2D eigenvalue weighted by Crippen LogP contribution is 2.27. The molecule has 0 aromatic rings. The number of carbonyl (C=O) groups excluding carboxylic acids is 1. The van der Waals surface area contributed by atoms with E-state index in [0.29, 0.717) is 12.3 Å². The van der Waals surface area contributed by atoms with E-state index in [1.54, 1.807) is 0 Å². The number of hydrogen-bond acceptors (Lipinski definition) is 3. The van der Waals surface area contributed by atoms with E-state index in [1.807, 2.05) is 0 Å². The second kappa shape index (κ2) is 33.5. The maximum atomic E-state index is 13.0. The first kappa shape index (κ1) is 41.7. The summed E-state index contributed by atoms with van der Waals surface area (Å²) in [6.07, 6.45) is 43.6. The van der Waals surface area contributed by atoms with Crippen LogP contribution in [0.25, 0.3) is 0 Å². The normalized spacial score (nSPS) is 13.0. The zero-order valence-corrected chi connectivity index (χ0v) is 29.8. The number of esters is 1. The van der Waals surface area contributed by atoms with Crippen LogP contribution in [0.1, 0.15) is 181 Å². The van der Waals surface area contributed by atoms with Gasteiger partial charge in [0, 0.05) is 6.42 Å². The minimum Gasteiger partial charge on any atom is -0.462 e. The quantitative estimate of drug-likeness (QED) is 0.0436. The van der Waals surface area contributed by atoms with E-state index in [9.17, 15) is 4.79 Å². The number of carbonyl (C=O) groups is 1. The summed E-state index contributed by atoms with van der Waals surface area (Å²) in [6.45, 7) is 7.89. The molecule has 0 aromatic heterocycles. The van der Waals surface area contributed by atoms with Crippen LogP contribution in [0.2, 0.25) is 0 Å². The molecule has 0 aliphatic heterocycles. The maximum absolute atomic E-state index is 13.0. The molecule has 3 heteroatoms. The van der Waals surface area contributed by atoms with Crippen molar-refractivity contribution in [3.05, 3.63) is 36.5 Å². The molecule has 1 unspecified atom stereocenters. The standard InChI is InChI=1S/C40H75NO2/c1-6-9-12-15-18-21-24-28-33-38(34-29-25-22-19-16-13-10-7-2)39(35-30-26-23-20-17-14-11-8-3)43-40(42)36-31-27-32-37-41(4)5/h18-23,38-39H,6-17,24-37H2,1-5H3/b21-18-,22-19-,23-20-. The van der Waals surface area contributed by atoms with Crippen LogP contribution in [-0.2, 0) is 9.53 Å². The highest BCUT2D eigenvalue weighted by atomic mass is 16.5. The molecular weight excluding hydrogens is 526 g/mol. The van der Waals surface area contributed by atoms with Gasteiger partial charge in [0.25, 0.3) is 0 Å². The average molecular weight is 602 g/mol. The monoisotopic (exact) mass is 602 g/mol. The lowest BCUT2D eigenvalue weighted by Gasteiger charge is -2.27. The predicted molar refractivity (Wildman–Crippen MR) is 192 cm³/mol. The summed E-state index contributed by atoms with van der Waals surface area (Å²) < 4.78 is 6.34. The Morgan fingerprint density at radius 3 is 1.37 bits per heavy atom. The molecule has 0 heterocycles. The smallest absolute Gasteiger partial charge is 0.306 e. The fraction of sp³-hybridized carbons (Fsp3) is 0.825. The largest absolute Gasteiger partial charge is 0.462 e. The van der Waals surface area contributed by atoms with Gasteiger partial charge in [0.15, 0.2) is 0 Å². The lowest BCUT2D eigenvalue weighted by molar-refractivity contribution is -0.153. The van der Waals surface area contributed by atoms with Crippen molar-refractivity contribution in [1.82, 2.24) is 4.90 Å². The first-order valence-electron chi connectivity index (χ1n) is 18.8. The Labute approximate surface area is 270 Å². The summed E-state index contributed by atoms with van der Waals surface area (Å²) in [5, 5.41) is 0. The molecule has 0 aromatic carbocycles. The van der Waals surface area contributed by atoms with E-state index in [2.05, 4.69) is 76.2 Å². The Hall–Kier alpha value is -1.35. The lowest BCUT2D eigenvalue weighted by Crippen LogP contribution is -2.27. The van der Waals surface area contributed by atoms with Crippen LogP contribution in [0.15, 0.2) is 36.5 Å². The van der Waals surface area contributed by atoms with E-state index in [-0.39, 0.29) is 12.1 Å². The van der Waals surface area contributed by atoms with Gasteiger partial charge in [0.1, 0.15) is 6.10 Å². The average Bonchev–Trinajstić information content (AvgIpc) is 2.99. The van der Waals surface area contributed by atoms with Gasteiger partial charge in [-0.05, 0) is 136 Å². The van der Waals surface area contributed by atoms with Crippen LogP contribution in [0.3, 0.4) is 0 Å². The molecule has 252 valence electrons. The van der Waals surface area contributed by atoms with Gasteiger partial charge in [0.05, 0.1) is 0 Å². The molecule has 0 aliphatic rings. The molecule has 0 aliphatic carbocycles. The Morgan fingerprint density at radius 2 is 0.953 bits per heavy atom. The number of allylic oxidation sites excluding steroid dienone is 6. The third-order valence-electron chi connectivity index (χ3n) is 8.47. The summed E-state index contributed by atoms with van der Waals surface area (Å²) in [4.78, 5) is 15.2. The third-order valence-corrected chi connectivity index (χ3v) is 8.47. The van der Waals surface area contributed by atoms with Crippen LogP contribution in [-0.4, -0.2) is 37.6 Å². The van der Waals surface area contributed by atoms with Gasteiger partial charge in [-0.3, -0.25) is 4.79 Å². The van der Waals surface area contributed by atoms with Crippen LogP contribution < -0.4 is 0 Å². The number of ether oxygens (including phenoxy) is 1. The van der Waals surface area contributed by atoms with E-state index in [1.165, 1.54) is 89.9 Å². The summed E-state index contributed by atoms with van der Waals surface area (Å²) >= 11 is 0. The third kappa shape index (κ3) is 30.5. The number of nitrogens with zero attached hydrogens (tertiary/aromatic N) is 1. The van der Waals surface area contributed by atoms with E-state index >= 15 is 0 Å². The van der Waals surface area contributed by atoms with Crippen molar-refractivity contribution in [3.8, 4) is 0 Å². The van der Waals surface area contributed by atoms with Crippen LogP contribution in [0, 0.1) is 5.92 Å². The lowest BCUT2D eigenvalue weighted by atomic mass is 9.87. The SMILES string of the molecule is CCCCC/C=C\CCCC(CCC/C=C\CCCCC)C(CCC/C=C\CCCCC)OC(=O)CCCCCN(C)C. The van der Waals surface area contributed by atoms with Crippen molar-refractivity contribution in [2.75, 3.05) is 20.6 Å². The fourth-order valence-corrected chi connectivity index (χ4v) is 5.69. The zero-order valence-electron chi connectivity index (χ0n) is 29.8. The molecule has 0 rings (SSSR count). The van der Waals surface area contributed by atoms with E-state index in [4.69, 9.17) is 4.74 Å². The van der Waals surface area contributed by atoms with Crippen molar-refractivity contribution in [1.29, 1.82) is 0 Å².